The maximum Gasteiger partial charge on any atom is 0.326 e. The van der Waals surface area contributed by atoms with Crippen LogP contribution in [0.15, 0.2) is 30.3 Å². The standard InChI is InChI=1S/C15H17N3O4/c1-10(8-16)7-12(15(21)22)18-13(19)9-17-14(20)11-5-3-2-4-6-11/h2-6,10,12H,7,9H2,1H3,(H,17,20)(H,18,19)(H,21,22)/t10-,12+/m0/s1. The first kappa shape index (κ1) is 17.2. The fraction of sp³-hybridized carbons (Fsp3) is 0.333. The van der Waals surface area contributed by atoms with E-state index < -0.39 is 29.7 Å². The van der Waals surface area contributed by atoms with Crippen LogP contribution < -0.4 is 10.6 Å². The van der Waals surface area contributed by atoms with Crippen LogP contribution in [0.1, 0.15) is 23.7 Å². The summed E-state index contributed by atoms with van der Waals surface area (Å²) in [4.78, 5) is 34.5. The van der Waals surface area contributed by atoms with Crippen molar-refractivity contribution in [2.45, 2.75) is 19.4 Å². The predicted molar refractivity (Wildman–Crippen MR) is 77.7 cm³/mol. The number of carbonyl (C=O) groups excluding carboxylic acids is 2. The molecule has 0 saturated carbocycles. The molecule has 0 heterocycles. The number of rotatable bonds is 7. The van der Waals surface area contributed by atoms with Crippen LogP contribution in [-0.2, 0) is 9.59 Å². The molecule has 0 unspecified atom stereocenters. The summed E-state index contributed by atoms with van der Waals surface area (Å²) < 4.78 is 0. The molecule has 1 aromatic rings. The molecule has 0 saturated heterocycles. The SMILES string of the molecule is C[C@H](C#N)C[C@@H](NC(=O)CNC(=O)c1ccccc1)C(=O)O. The fourth-order valence-corrected chi connectivity index (χ4v) is 1.73. The molecule has 2 amide bonds. The molecule has 0 radical (unpaired) electrons. The number of nitriles is 1. The van der Waals surface area contributed by atoms with E-state index >= 15 is 0 Å². The van der Waals surface area contributed by atoms with Crippen LogP contribution in [0.25, 0.3) is 0 Å². The third kappa shape index (κ3) is 5.63. The third-order valence-corrected chi connectivity index (χ3v) is 2.89. The molecule has 2 atom stereocenters. The lowest BCUT2D eigenvalue weighted by Crippen LogP contribution is -2.46. The zero-order valence-corrected chi connectivity index (χ0v) is 12.1. The third-order valence-electron chi connectivity index (χ3n) is 2.89. The molecule has 0 aliphatic heterocycles. The van der Waals surface area contributed by atoms with Crippen LogP contribution in [0, 0.1) is 17.2 Å². The van der Waals surface area contributed by atoms with Gasteiger partial charge >= 0.3 is 5.97 Å². The van der Waals surface area contributed by atoms with E-state index in [0.29, 0.717) is 5.56 Å². The van der Waals surface area contributed by atoms with Crippen molar-refractivity contribution in [1.29, 1.82) is 5.26 Å². The van der Waals surface area contributed by atoms with E-state index in [4.69, 9.17) is 10.4 Å². The first-order chi connectivity index (χ1) is 10.4. The van der Waals surface area contributed by atoms with Gasteiger partial charge in [-0.05, 0) is 25.5 Å². The Labute approximate surface area is 127 Å². The van der Waals surface area contributed by atoms with E-state index in [1.165, 1.54) is 0 Å². The highest BCUT2D eigenvalue weighted by molar-refractivity contribution is 5.96. The van der Waals surface area contributed by atoms with Crippen molar-refractivity contribution >= 4 is 17.8 Å². The minimum absolute atomic E-state index is 0.00417. The highest BCUT2D eigenvalue weighted by Gasteiger charge is 2.22. The quantitative estimate of drug-likeness (QED) is 0.679. The molecule has 116 valence electrons. The Morgan fingerprint density at radius 3 is 2.45 bits per heavy atom. The highest BCUT2D eigenvalue weighted by Crippen LogP contribution is 2.05. The number of hydrogen-bond donors (Lipinski definition) is 3. The predicted octanol–water partition coefficient (Wildman–Crippen LogP) is 0.536. The largest absolute Gasteiger partial charge is 0.480 e. The summed E-state index contributed by atoms with van der Waals surface area (Å²) in [5, 5.41) is 22.4. The average molecular weight is 303 g/mol. The summed E-state index contributed by atoms with van der Waals surface area (Å²) in [5.41, 5.74) is 0.406. The molecular formula is C15H17N3O4. The molecule has 0 aliphatic rings. The maximum absolute atomic E-state index is 11.7. The van der Waals surface area contributed by atoms with Gasteiger partial charge in [0.05, 0.1) is 12.6 Å². The van der Waals surface area contributed by atoms with Gasteiger partial charge < -0.3 is 15.7 Å². The van der Waals surface area contributed by atoms with Gasteiger partial charge in [-0.2, -0.15) is 5.26 Å². The number of carboxylic acids is 1. The molecule has 7 heteroatoms. The van der Waals surface area contributed by atoms with E-state index in [0.717, 1.165) is 0 Å². The monoisotopic (exact) mass is 303 g/mol. The summed E-state index contributed by atoms with van der Waals surface area (Å²) in [6.45, 7) is 1.23. The summed E-state index contributed by atoms with van der Waals surface area (Å²) in [6.07, 6.45) is 0.00417. The van der Waals surface area contributed by atoms with Crippen molar-refractivity contribution in [3.05, 3.63) is 35.9 Å². The number of hydrogen-bond acceptors (Lipinski definition) is 4. The van der Waals surface area contributed by atoms with Gasteiger partial charge in [0.1, 0.15) is 6.04 Å². The second kappa shape index (κ2) is 8.42. The van der Waals surface area contributed by atoms with Crippen molar-refractivity contribution in [3.8, 4) is 6.07 Å². The Morgan fingerprint density at radius 1 is 1.27 bits per heavy atom. The topological polar surface area (TPSA) is 119 Å². The number of amides is 2. The second-order valence-corrected chi connectivity index (χ2v) is 4.77. The number of nitrogens with zero attached hydrogens (tertiary/aromatic N) is 1. The van der Waals surface area contributed by atoms with E-state index in [9.17, 15) is 14.4 Å². The lowest BCUT2D eigenvalue weighted by Gasteiger charge is -2.15. The molecule has 0 spiro atoms. The number of carboxylic acid groups (broad SMARTS) is 1. The van der Waals surface area contributed by atoms with Gasteiger partial charge in [-0.15, -0.1) is 0 Å². The Kier molecular flexibility index (Phi) is 6.57. The normalized spacial score (nSPS) is 12.5. The van der Waals surface area contributed by atoms with Gasteiger partial charge in [-0.1, -0.05) is 18.2 Å². The minimum Gasteiger partial charge on any atom is -0.480 e. The summed E-state index contributed by atoms with van der Waals surface area (Å²) in [5.74, 6) is -2.76. The first-order valence-electron chi connectivity index (χ1n) is 6.69. The smallest absolute Gasteiger partial charge is 0.326 e. The van der Waals surface area contributed by atoms with Gasteiger partial charge in [0.25, 0.3) is 5.91 Å². The van der Waals surface area contributed by atoms with Crippen molar-refractivity contribution in [1.82, 2.24) is 10.6 Å². The highest BCUT2D eigenvalue weighted by atomic mass is 16.4. The molecule has 1 aromatic carbocycles. The zero-order valence-electron chi connectivity index (χ0n) is 12.1. The average Bonchev–Trinajstić information content (AvgIpc) is 2.52. The van der Waals surface area contributed by atoms with E-state index in [1.807, 2.05) is 6.07 Å². The van der Waals surface area contributed by atoms with Crippen molar-refractivity contribution in [2.75, 3.05) is 6.54 Å². The molecule has 0 bridgehead atoms. The Bertz CT molecular complexity index is 580. The van der Waals surface area contributed by atoms with Crippen LogP contribution in [0.4, 0.5) is 0 Å². The Hall–Kier alpha value is -2.88. The van der Waals surface area contributed by atoms with Crippen LogP contribution in [0.3, 0.4) is 0 Å². The number of aliphatic carboxylic acids is 1. The van der Waals surface area contributed by atoms with Gasteiger partial charge in [0, 0.05) is 11.5 Å². The number of carbonyl (C=O) groups is 3. The number of nitrogens with one attached hydrogen (secondary N) is 2. The second-order valence-electron chi connectivity index (χ2n) is 4.77. The van der Waals surface area contributed by atoms with E-state index in [1.54, 1.807) is 37.3 Å². The fourth-order valence-electron chi connectivity index (χ4n) is 1.73. The number of benzene rings is 1. The molecule has 1 rings (SSSR count). The van der Waals surface area contributed by atoms with Crippen LogP contribution in [0.2, 0.25) is 0 Å². The van der Waals surface area contributed by atoms with Crippen LogP contribution in [0.5, 0.6) is 0 Å². The van der Waals surface area contributed by atoms with Crippen molar-refractivity contribution in [3.63, 3.8) is 0 Å². The van der Waals surface area contributed by atoms with Crippen molar-refractivity contribution in [2.24, 2.45) is 5.92 Å². The van der Waals surface area contributed by atoms with E-state index in [2.05, 4.69) is 10.6 Å². The summed E-state index contributed by atoms with van der Waals surface area (Å²) in [7, 11) is 0. The van der Waals surface area contributed by atoms with Gasteiger partial charge in [0.15, 0.2) is 0 Å². The first-order valence-corrected chi connectivity index (χ1v) is 6.69. The summed E-state index contributed by atoms with van der Waals surface area (Å²) >= 11 is 0. The lowest BCUT2D eigenvalue weighted by atomic mass is 10.0. The van der Waals surface area contributed by atoms with Gasteiger partial charge in [-0.3, -0.25) is 9.59 Å². The molecule has 22 heavy (non-hydrogen) atoms. The van der Waals surface area contributed by atoms with Gasteiger partial charge in [-0.25, -0.2) is 4.79 Å². The molecule has 7 nitrogen and oxygen atoms in total. The Morgan fingerprint density at radius 2 is 1.91 bits per heavy atom. The molecule has 0 aliphatic carbocycles. The van der Waals surface area contributed by atoms with Crippen LogP contribution >= 0.6 is 0 Å². The molecule has 0 fully saturated rings. The molecule has 0 aromatic heterocycles. The molecule has 3 N–H and O–H groups in total. The zero-order chi connectivity index (χ0) is 16.5. The summed E-state index contributed by atoms with van der Waals surface area (Å²) in [6, 6.07) is 9.10. The van der Waals surface area contributed by atoms with Crippen molar-refractivity contribution < 1.29 is 19.5 Å². The Balaban J connectivity index is 2.49. The van der Waals surface area contributed by atoms with Gasteiger partial charge in [0.2, 0.25) is 5.91 Å². The van der Waals surface area contributed by atoms with E-state index in [-0.39, 0.29) is 13.0 Å². The minimum atomic E-state index is -1.22. The molecular weight excluding hydrogens is 286 g/mol. The lowest BCUT2D eigenvalue weighted by molar-refractivity contribution is -0.142. The van der Waals surface area contributed by atoms with Crippen LogP contribution in [-0.4, -0.2) is 35.5 Å². The maximum atomic E-state index is 11.7.